The van der Waals surface area contributed by atoms with Crippen LogP contribution in [0.15, 0.2) is 12.1 Å². The minimum Gasteiger partial charge on any atom is -0.481 e. The largest absolute Gasteiger partial charge is 0.481 e. The molecule has 20 heavy (non-hydrogen) atoms. The molecule has 0 aromatic heterocycles. The predicted molar refractivity (Wildman–Crippen MR) is 79.6 cm³/mol. The lowest BCUT2D eigenvalue weighted by molar-refractivity contribution is -0.141. The maximum atomic E-state index is 11.7. The first kappa shape index (κ1) is 16.6. The number of benzene rings is 1. The fourth-order valence-electron chi connectivity index (χ4n) is 1.53. The molecular formula is C13H16Cl2N2O3. The third-order valence-electron chi connectivity index (χ3n) is 2.85. The number of carboxylic acids is 1. The highest BCUT2D eigenvalue weighted by Gasteiger charge is 2.16. The number of hydrogen-bond acceptors (Lipinski definition) is 2. The van der Waals surface area contributed by atoms with E-state index < -0.39 is 17.9 Å². The SMILES string of the molecule is CCC(CNC(=O)Nc1cc(Cl)c(C)cc1Cl)C(=O)O. The van der Waals surface area contributed by atoms with Crippen LogP contribution in [0.3, 0.4) is 0 Å². The monoisotopic (exact) mass is 318 g/mol. The minimum atomic E-state index is -0.941. The first-order valence-electron chi connectivity index (χ1n) is 6.08. The van der Waals surface area contributed by atoms with Gasteiger partial charge in [-0.1, -0.05) is 30.1 Å². The third kappa shape index (κ3) is 4.58. The fourth-order valence-corrected chi connectivity index (χ4v) is 1.96. The van der Waals surface area contributed by atoms with Gasteiger partial charge >= 0.3 is 12.0 Å². The number of hydrogen-bond donors (Lipinski definition) is 3. The molecule has 7 heteroatoms. The number of rotatable bonds is 5. The number of halogens is 2. The molecule has 110 valence electrons. The van der Waals surface area contributed by atoms with Crippen molar-refractivity contribution in [3.05, 3.63) is 27.7 Å². The van der Waals surface area contributed by atoms with Gasteiger partial charge in [-0.3, -0.25) is 4.79 Å². The Morgan fingerprint density at radius 1 is 1.30 bits per heavy atom. The van der Waals surface area contributed by atoms with Gasteiger partial charge in [0, 0.05) is 11.6 Å². The van der Waals surface area contributed by atoms with E-state index in [0.717, 1.165) is 5.56 Å². The van der Waals surface area contributed by atoms with E-state index in [1.807, 2.05) is 0 Å². The molecule has 0 bridgehead atoms. The summed E-state index contributed by atoms with van der Waals surface area (Å²) in [6.07, 6.45) is 0.437. The zero-order chi connectivity index (χ0) is 15.3. The average molecular weight is 319 g/mol. The van der Waals surface area contributed by atoms with Crippen LogP contribution in [0.1, 0.15) is 18.9 Å². The Balaban J connectivity index is 2.63. The summed E-state index contributed by atoms with van der Waals surface area (Å²) in [5, 5.41) is 14.8. The summed E-state index contributed by atoms with van der Waals surface area (Å²) in [6.45, 7) is 3.60. The van der Waals surface area contributed by atoms with E-state index in [-0.39, 0.29) is 6.54 Å². The van der Waals surface area contributed by atoms with Crippen LogP contribution in [0.25, 0.3) is 0 Å². The van der Waals surface area contributed by atoms with Gasteiger partial charge in [-0.25, -0.2) is 4.79 Å². The maximum Gasteiger partial charge on any atom is 0.319 e. The Labute approximate surface area is 127 Å². The minimum absolute atomic E-state index is 0.0505. The summed E-state index contributed by atoms with van der Waals surface area (Å²) in [5.41, 5.74) is 1.18. The van der Waals surface area contributed by atoms with E-state index in [4.69, 9.17) is 28.3 Å². The van der Waals surface area contributed by atoms with Gasteiger partial charge in [-0.2, -0.15) is 0 Å². The molecule has 3 N–H and O–H groups in total. The number of carbonyl (C=O) groups is 2. The summed E-state index contributed by atoms with van der Waals surface area (Å²) in [6, 6.07) is 2.67. The van der Waals surface area contributed by atoms with Crippen molar-refractivity contribution in [2.45, 2.75) is 20.3 Å². The second-order valence-electron chi connectivity index (χ2n) is 4.36. The Morgan fingerprint density at radius 2 is 1.95 bits per heavy atom. The second kappa shape index (κ2) is 7.36. The zero-order valence-electron chi connectivity index (χ0n) is 11.2. The lowest BCUT2D eigenvalue weighted by atomic mass is 10.1. The molecule has 1 rings (SSSR count). The number of amides is 2. The average Bonchev–Trinajstić information content (AvgIpc) is 2.36. The van der Waals surface area contributed by atoms with Gasteiger partial charge in [-0.05, 0) is 31.0 Å². The molecule has 0 radical (unpaired) electrons. The third-order valence-corrected chi connectivity index (χ3v) is 3.57. The van der Waals surface area contributed by atoms with E-state index in [1.54, 1.807) is 26.0 Å². The molecule has 0 aliphatic heterocycles. The Bertz CT molecular complexity index is 521. The molecule has 1 aromatic carbocycles. The quantitative estimate of drug-likeness (QED) is 0.777. The first-order chi connectivity index (χ1) is 9.35. The first-order valence-corrected chi connectivity index (χ1v) is 6.84. The standard InChI is InChI=1S/C13H16Cl2N2O3/c1-3-8(12(18)19)6-16-13(20)17-11-5-9(14)7(2)4-10(11)15/h4-5,8H,3,6H2,1-2H3,(H,18,19)(H2,16,17,20). The lowest BCUT2D eigenvalue weighted by Crippen LogP contribution is -2.35. The number of anilines is 1. The van der Waals surface area contributed by atoms with Crippen LogP contribution in [-0.4, -0.2) is 23.7 Å². The molecule has 0 aliphatic rings. The van der Waals surface area contributed by atoms with Gasteiger partial charge in [0.25, 0.3) is 0 Å². The van der Waals surface area contributed by atoms with Gasteiger partial charge < -0.3 is 15.7 Å². The van der Waals surface area contributed by atoms with Crippen molar-refractivity contribution in [1.29, 1.82) is 0 Å². The predicted octanol–water partition coefficient (Wildman–Crippen LogP) is 3.53. The molecule has 1 unspecified atom stereocenters. The highest BCUT2D eigenvalue weighted by atomic mass is 35.5. The molecule has 1 aromatic rings. The highest BCUT2D eigenvalue weighted by molar-refractivity contribution is 6.36. The number of aliphatic carboxylic acids is 1. The zero-order valence-corrected chi connectivity index (χ0v) is 12.7. The van der Waals surface area contributed by atoms with Gasteiger partial charge in [0.05, 0.1) is 16.6 Å². The van der Waals surface area contributed by atoms with Gasteiger partial charge in [0.2, 0.25) is 0 Å². The van der Waals surface area contributed by atoms with Crippen LogP contribution in [-0.2, 0) is 4.79 Å². The van der Waals surface area contributed by atoms with Gasteiger partial charge in [0.1, 0.15) is 0 Å². The van der Waals surface area contributed by atoms with Crippen LogP contribution >= 0.6 is 23.2 Å². The number of carbonyl (C=O) groups excluding carboxylic acids is 1. The van der Waals surface area contributed by atoms with E-state index in [9.17, 15) is 9.59 Å². The molecule has 0 saturated carbocycles. The molecule has 2 amide bonds. The number of nitrogens with one attached hydrogen (secondary N) is 2. The van der Waals surface area contributed by atoms with Crippen LogP contribution in [0.5, 0.6) is 0 Å². The molecule has 5 nitrogen and oxygen atoms in total. The Kier molecular flexibility index (Phi) is 6.10. The van der Waals surface area contributed by atoms with Gasteiger partial charge in [0.15, 0.2) is 0 Å². The fraction of sp³-hybridized carbons (Fsp3) is 0.385. The Hall–Kier alpha value is -1.46. The number of urea groups is 1. The summed E-state index contributed by atoms with van der Waals surface area (Å²) in [5.74, 6) is -1.55. The molecule has 0 saturated heterocycles. The molecule has 0 spiro atoms. The van der Waals surface area contributed by atoms with Crippen molar-refractivity contribution in [2.24, 2.45) is 5.92 Å². The van der Waals surface area contributed by atoms with E-state index in [1.165, 1.54) is 0 Å². The summed E-state index contributed by atoms with van der Waals surface area (Å²) in [7, 11) is 0. The lowest BCUT2D eigenvalue weighted by Gasteiger charge is -2.13. The number of carboxylic acid groups (broad SMARTS) is 1. The second-order valence-corrected chi connectivity index (χ2v) is 5.17. The van der Waals surface area contributed by atoms with Crippen molar-refractivity contribution in [1.82, 2.24) is 5.32 Å². The molecule has 0 fully saturated rings. The van der Waals surface area contributed by atoms with Crippen molar-refractivity contribution in [2.75, 3.05) is 11.9 Å². The van der Waals surface area contributed by atoms with Crippen LogP contribution in [0.4, 0.5) is 10.5 Å². The smallest absolute Gasteiger partial charge is 0.319 e. The summed E-state index contributed by atoms with van der Waals surface area (Å²) >= 11 is 11.9. The molecule has 1 atom stereocenters. The van der Waals surface area contributed by atoms with Crippen molar-refractivity contribution in [3.8, 4) is 0 Å². The van der Waals surface area contributed by atoms with Gasteiger partial charge in [-0.15, -0.1) is 0 Å². The van der Waals surface area contributed by atoms with Crippen molar-refractivity contribution in [3.63, 3.8) is 0 Å². The topological polar surface area (TPSA) is 78.4 Å². The van der Waals surface area contributed by atoms with Crippen LogP contribution < -0.4 is 10.6 Å². The normalized spacial score (nSPS) is 11.8. The van der Waals surface area contributed by atoms with E-state index >= 15 is 0 Å². The maximum absolute atomic E-state index is 11.7. The number of aryl methyl sites for hydroxylation is 1. The van der Waals surface area contributed by atoms with Crippen molar-refractivity contribution < 1.29 is 14.7 Å². The molecular weight excluding hydrogens is 303 g/mol. The summed E-state index contributed by atoms with van der Waals surface area (Å²) < 4.78 is 0. The van der Waals surface area contributed by atoms with E-state index in [0.29, 0.717) is 22.2 Å². The molecule has 0 heterocycles. The van der Waals surface area contributed by atoms with E-state index in [2.05, 4.69) is 10.6 Å². The summed E-state index contributed by atoms with van der Waals surface area (Å²) in [4.78, 5) is 22.5. The van der Waals surface area contributed by atoms with Crippen LogP contribution in [0.2, 0.25) is 10.0 Å². The van der Waals surface area contributed by atoms with Crippen molar-refractivity contribution >= 4 is 40.9 Å². The Morgan fingerprint density at radius 3 is 2.50 bits per heavy atom. The highest BCUT2D eigenvalue weighted by Crippen LogP contribution is 2.28. The molecule has 0 aliphatic carbocycles. The van der Waals surface area contributed by atoms with Crippen LogP contribution in [0, 0.1) is 12.8 Å².